The molecule has 2 aromatic carbocycles. The number of rotatable bonds is 2. The molecule has 0 spiro atoms. The molecule has 0 aliphatic heterocycles. The molecule has 0 bridgehead atoms. The van der Waals surface area contributed by atoms with Gasteiger partial charge >= 0.3 is 11.9 Å². The average Bonchev–Trinajstić information content (AvgIpc) is 2.50. The fraction of sp³-hybridized carbons (Fsp3) is 0.143. The molecule has 116 valence electrons. The summed E-state index contributed by atoms with van der Waals surface area (Å²) in [4.78, 5) is 23.5. The Balaban J connectivity index is 2.92. The fourth-order valence-corrected chi connectivity index (χ4v) is 3.11. The van der Waals surface area contributed by atoms with Crippen molar-refractivity contribution >= 4 is 69.1 Å². The number of ether oxygens (including phenoxy) is 2. The van der Waals surface area contributed by atoms with Crippen molar-refractivity contribution in [1.29, 1.82) is 0 Å². The zero-order chi connectivity index (χ0) is 16.6. The number of hydrogen-bond acceptors (Lipinski definition) is 4. The molecule has 2 aromatic rings. The Bertz CT molecular complexity index is 802. The number of fused-ring (bicyclic) bond motifs is 1. The maximum Gasteiger partial charge on any atom is 0.340 e. The number of methoxy groups -OCH3 is 2. The molecule has 0 aromatic heterocycles. The molecule has 0 heterocycles. The van der Waals surface area contributed by atoms with Gasteiger partial charge in [0.05, 0.1) is 45.4 Å². The van der Waals surface area contributed by atoms with Gasteiger partial charge in [-0.15, -0.1) is 0 Å². The molecular weight excluding hydrogens is 374 g/mol. The van der Waals surface area contributed by atoms with E-state index in [0.29, 0.717) is 10.8 Å². The van der Waals surface area contributed by atoms with E-state index in [-0.39, 0.29) is 31.2 Å². The summed E-state index contributed by atoms with van der Waals surface area (Å²) in [6.07, 6.45) is 0. The Hall–Kier alpha value is -1.20. The van der Waals surface area contributed by atoms with Crippen LogP contribution in [0, 0.1) is 0 Å². The minimum Gasteiger partial charge on any atom is -0.465 e. The highest BCUT2D eigenvalue weighted by Gasteiger charge is 2.23. The van der Waals surface area contributed by atoms with Gasteiger partial charge in [-0.1, -0.05) is 46.4 Å². The van der Waals surface area contributed by atoms with Crippen LogP contribution >= 0.6 is 46.4 Å². The van der Waals surface area contributed by atoms with E-state index in [1.165, 1.54) is 26.4 Å². The van der Waals surface area contributed by atoms with Crippen molar-refractivity contribution in [2.24, 2.45) is 0 Å². The second-order valence-electron chi connectivity index (χ2n) is 4.18. The van der Waals surface area contributed by atoms with E-state index in [0.717, 1.165) is 0 Å². The first kappa shape index (κ1) is 17.2. The highest BCUT2D eigenvalue weighted by Crippen LogP contribution is 2.41. The van der Waals surface area contributed by atoms with E-state index in [1.807, 2.05) is 0 Å². The summed E-state index contributed by atoms with van der Waals surface area (Å²) in [5.74, 6) is -1.39. The van der Waals surface area contributed by atoms with E-state index in [1.54, 1.807) is 0 Å². The van der Waals surface area contributed by atoms with Crippen molar-refractivity contribution in [3.63, 3.8) is 0 Å². The predicted octanol–water partition coefficient (Wildman–Crippen LogP) is 5.03. The summed E-state index contributed by atoms with van der Waals surface area (Å²) < 4.78 is 9.28. The second kappa shape index (κ2) is 6.50. The van der Waals surface area contributed by atoms with Crippen LogP contribution in [0.25, 0.3) is 10.8 Å². The first-order valence-corrected chi connectivity index (χ1v) is 7.31. The third-order valence-electron chi connectivity index (χ3n) is 3.01. The van der Waals surface area contributed by atoms with Crippen LogP contribution in [0.3, 0.4) is 0 Å². The summed E-state index contributed by atoms with van der Waals surface area (Å²) in [6.45, 7) is 0. The SMILES string of the molecule is COC(=O)c1cc2c(Cl)c(C(=O)OC)c(Cl)cc2c(Cl)c1Cl. The van der Waals surface area contributed by atoms with Gasteiger partial charge in [0, 0.05) is 10.8 Å². The molecule has 0 saturated heterocycles. The lowest BCUT2D eigenvalue weighted by molar-refractivity contribution is 0.0593. The minimum atomic E-state index is -0.706. The van der Waals surface area contributed by atoms with Gasteiger partial charge < -0.3 is 9.47 Å². The van der Waals surface area contributed by atoms with E-state index in [9.17, 15) is 9.59 Å². The number of halogens is 4. The van der Waals surface area contributed by atoms with Crippen LogP contribution in [-0.4, -0.2) is 26.2 Å². The van der Waals surface area contributed by atoms with Crippen LogP contribution < -0.4 is 0 Å². The van der Waals surface area contributed by atoms with Gasteiger partial charge in [-0.25, -0.2) is 9.59 Å². The molecule has 22 heavy (non-hydrogen) atoms. The topological polar surface area (TPSA) is 52.6 Å². The van der Waals surface area contributed by atoms with Crippen molar-refractivity contribution in [3.8, 4) is 0 Å². The molecule has 0 N–H and O–H groups in total. The van der Waals surface area contributed by atoms with Crippen molar-refractivity contribution in [1.82, 2.24) is 0 Å². The summed E-state index contributed by atoms with van der Waals surface area (Å²) in [5, 5.41) is 0.910. The molecule has 0 fully saturated rings. The maximum absolute atomic E-state index is 11.8. The molecule has 0 amide bonds. The van der Waals surface area contributed by atoms with Crippen molar-refractivity contribution < 1.29 is 19.1 Å². The van der Waals surface area contributed by atoms with E-state index < -0.39 is 11.9 Å². The van der Waals surface area contributed by atoms with Crippen LogP contribution in [0.15, 0.2) is 12.1 Å². The molecular formula is C14H8Cl4O4. The molecule has 0 radical (unpaired) electrons. The number of hydrogen-bond donors (Lipinski definition) is 0. The first-order valence-electron chi connectivity index (χ1n) is 5.79. The van der Waals surface area contributed by atoms with Crippen LogP contribution in [0.1, 0.15) is 20.7 Å². The van der Waals surface area contributed by atoms with Gasteiger partial charge in [-0.3, -0.25) is 0 Å². The molecule has 4 nitrogen and oxygen atoms in total. The molecule has 0 aliphatic carbocycles. The smallest absolute Gasteiger partial charge is 0.340 e. The lowest BCUT2D eigenvalue weighted by Gasteiger charge is -2.13. The number of carbonyl (C=O) groups excluding carboxylic acids is 2. The van der Waals surface area contributed by atoms with Crippen molar-refractivity contribution in [2.45, 2.75) is 0 Å². The lowest BCUT2D eigenvalue weighted by Crippen LogP contribution is -2.06. The summed E-state index contributed by atoms with van der Waals surface area (Å²) >= 11 is 24.5. The molecule has 0 aliphatic rings. The normalized spacial score (nSPS) is 10.6. The molecule has 0 unspecified atom stereocenters. The molecule has 2 rings (SSSR count). The van der Waals surface area contributed by atoms with Gasteiger partial charge in [-0.05, 0) is 12.1 Å². The average molecular weight is 382 g/mol. The Morgan fingerprint density at radius 1 is 0.818 bits per heavy atom. The van der Waals surface area contributed by atoms with Crippen LogP contribution in [0.4, 0.5) is 0 Å². The van der Waals surface area contributed by atoms with Crippen LogP contribution in [-0.2, 0) is 9.47 Å². The largest absolute Gasteiger partial charge is 0.465 e. The molecule has 8 heteroatoms. The number of esters is 2. The third kappa shape index (κ3) is 2.72. The van der Waals surface area contributed by atoms with Crippen LogP contribution in [0.5, 0.6) is 0 Å². The Labute approximate surface area is 145 Å². The second-order valence-corrected chi connectivity index (χ2v) is 5.72. The van der Waals surface area contributed by atoms with Crippen LogP contribution in [0.2, 0.25) is 20.1 Å². The van der Waals surface area contributed by atoms with Crippen molar-refractivity contribution in [3.05, 3.63) is 43.4 Å². The summed E-state index contributed by atoms with van der Waals surface area (Å²) in [6, 6.07) is 2.82. The molecule has 0 saturated carbocycles. The van der Waals surface area contributed by atoms with E-state index >= 15 is 0 Å². The van der Waals surface area contributed by atoms with E-state index in [4.69, 9.17) is 46.4 Å². The summed E-state index contributed by atoms with van der Waals surface area (Å²) in [5.41, 5.74) is 0.00856. The Kier molecular flexibility index (Phi) is 5.07. The monoisotopic (exact) mass is 380 g/mol. The Morgan fingerprint density at radius 3 is 1.91 bits per heavy atom. The fourth-order valence-electron chi connectivity index (χ4n) is 1.95. The van der Waals surface area contributed by atoms with Gasteiger partial charge in [0.25, 0.3) is 0 Å². The maximum atomic E-state index is 11.8. The van der Waals surface area contributed by atoms with Gasteiger partial charge in [0.1, 0.15) is 0 Å². The molecule has 0 atom stereocenters. The predicted molar refractivity (Wildman–Crippen MR) is 86.7 cm³/mol. The number of benzene rings is 2. The van der Waals surface area contributed by atoms with E-state index in [2.05, 4.69) is 9.47 Å². The third-order valence-corrected chi connectivity index (χ3v) is 4.58. The lowest BCUT2D eigenvalue weighted by atomic mass is 10.0. The Morgan fingerprint density at radius 2 is 1.36 bits per heavy atom. The van der Waals surface area contributed by atoms with Gasteiger partial charge in [0.2, 0.25) is 0 Å². The highest BCUT2D eigenvalue weighted by atomic mass is 35.5. The number of carbonyl (C=O) groups is 2. The quantitative estimate of drug-likeness (QED) is 0.684. The van der Waals surface area contributed by atoms with Crippen molar-refractivity contribution in [2.75, 3.05) is 14.2 Å². The highest BCUT2D eigenvalue weighted by molar-refractivity contribution is 6.49. The zero-order valence-corrected chi connectivity index (χ0v) is 14.3. The standard InChI is InChI=1S/C14H8Cl4O4/c1-21-13(19)7-3-5-6(11(17)12(7)18)4-8(15)9(10(5)16)14(20)22-2/h3-4H,1-2H3. The first-order chi connectivity index (χ1) is 10.3. The zero-order valence-electron chi connectivity index (χ0n) is 11.3. The van der Waals surface area contributed by atoms with Gasteiger partial charge in [0.15, 0.2) is 0 Å². The summed E-state index contributed by atoms with van der Waals surface area (Å²) in [7, 11) is 2.41. The minimum absolute atomic E-state index is 0.0121. The van der Waals surface area contributed by atoms with Gasteiger partial charge in [-0.2, -0.15) is 0 Å².